The fraction of sp³-hybridized carbons (Fsp3) is 0.462. The van der Waals surface area contributed by atoms with Crippen molar-refractivity contribution in [3.8, 4) is 0 Å². The second-order valence-electron chi connectivity index (χ2n) is 9.90. The molecule has 0 radical (unpaired) electrons. The molecule has 2 aromatic rings. The lowest BCUT2D eigenvalue weighted by Crippen LogP contribution is -2.42. The topological polar surface area (TPSA) is 71.5 Å². The van der Waals surface area contributed by atoms with Gasteiger partial charge in [-0.1, -0.05) is 60.7 Å². The van der Waals surface area contributed by atoms with E-state index in [1.807, 2.05) is 74.5 Å². The van der Waals surface area contributed by atoms with Gasteiger partial charge < -0.3 is 10.5 Å². The van der Waals surface area contributed by atoms with Crippen LogP contribution in [0.2, 0.25) is 0 Å². The molecule has 0 aliphatic heterocycles. The van der Waals surface area contributed by atoms with Gasteiger partial charge in [-0.3, -0.25) is 10.4 Å². The van der Waals surface area contributed by atoms with Crippen LogP contribution in [0.25, 0.3) is 0 Å². The van der Waals surface area contributed by atoms with Gasteiger partial charge in [0.15, 0.2) is 0 Å². The zero-order valence-electron chi connectivity index (χ0n) is 19.3. The molecule has 0 heterocycles. The van der Waals surface area contributed by atoms with Crippen LogP contribution < -0.4 is 5.73 Å². The summed E-state index contributed by atoms with van der Waals surface area (Å²) in [6.07, 6.45) is 1.53. The predicted molar refractivity (Wildman–Crippen MR) is 128 cm³/mol. The van der Waals surface area contributed by atoms with Crippen molar-refractivity contribution >= 4 is 11.4 Å². The fourth-order valence-corrected chi connectivity index (χ4v) is 3.69. The minimum absolute atomic E-state index is 0.275. The first-order valence-corrected chi connectivity index (χ1v) is 10.6. The monoisotopic (exact) mass is 407 g/mol. The highest BCUT2D eigenvalue weighted by Gasteiger charge is 2.28. The Morgan fingerprint density at radius 3 is 1.87 bits per heavy atom. The van der Waals surface area contributed by atoms with Crippen molar-refractivity contribution in [2.45, 2.75) is 71.1 Å². The Hall–Kier alpha value is -2.30. The Morgan fingerprint density at radius 2 is 1.37 bits per heavy atom. The second-order valence-corrected chi connectivity index (χ2v) is 9.90. The van der Waals surface area contributed by atoms with E-state index in [-0.39, 0.29) is 16.7 Å². The second kappa shape index (κ2) is 9.67. The quantitative estimate of drug-likeness (QED) is 0.501. The molecule has 4 heteroatoms. The van der Waals surface area contributed by atoms with E-state index in [0.29, 0.717) is 18.0 Å². The molecular weight excluding hydrogens is 370 g/mol. The van der Waals surface area contributed by atoms with Crippen LogP contribution in [-0.4, -0.2) is 34.7 Å². The summed E-state index contributed by atoms with van der Waals surface area (Å²) in [5, 5.41) is 8.80. The third kappa shape index (κ3) is 7.85. The SMILES string of the molecule is CC(C)(N)CC(C)(C)OCCC(C)(C)N=C(C(=N)c1ccccc1)c1ccccc1. The first-order chi connectivity index (χ1) is 13.9. The van der Waals surface area contributed by atoms with Gasteiger partial charge in [0, 0.05) is 23.3 Å². The van der Waals surface area contributed by atoms with Crippen LogP contribution in [0.15, 0.2) is 65.7 Å². The van der Waals surface area contributed by atoms with Crippen LogP contribution in [0.4, 0.5) is 0 Å². The van der Waals surface area contributed by atoms with Crippen LogP contribution in [0.5, 0.6) is 0 Å². The van der Waals surface area contributed by atoms with Crippen molar-refractivity contribution in [3.05, 3.63) is 71.8 Å². The zero-order valence-corrected chi connectivity index (χ0v) is 19.3. The van der Waals surface area contributed by atoms with E-state index in [0.717, 1.165) is 24.0 Å². The molecule has 0 spiro atoms. The maximum atomic E-state index is 8.80. The molecule has 0 saturated heterocycles. The number of nitrogens with one attached hydrogen (secondary N) is 1. The van der Waals surface area contributed by atoms with E-state index < -0.39 is 0 Å². The molecule has 2 rings (SSSR count). The fourth-order valence-electron chi connectivity index (χ4n) is 3.69. The first kappa shape index (κ1) is 24.0. The van der Waals surface area contributed by atoms with Gasteiger partial charge in [0.25, 0.3) is 0 Å². The van der Waals surface area contributed by atoms with Crippen LogP contribution in [0.1, 0.15) is 65.5 Å². The van der Waals surface area contributed by atoms with Gasteiger partial charge in [0.2, 0.25) is 0 Å². The molecule has 162 valence electrons. The molecule has 0 aromatic heterocycles. The van der Waals surface area contributed by atoms with Gasteiger partial charge >= 0.3 is 0 Å². The lowest BCUT2D eigenvalue weighted by Gasteiger charge is -2.33. The molecule has 0 aliphatic rings. The summed E-state index contributed by atoms with van der Waals surface area (Å²) in [5.41, 5.74) is 8.17. The van der Waals surface area contributed by atoms with Crippen LogP contribution in [-0.2, 0) is 4.74 Å². The van der Waals surface area contributed by atoms with Crippen LogP contribution in [0, 0.1) is 5.41 Å². The average molecular weight is 408 g/mol. The van der Waals surface area contributed by atoms with E-state index in [9.17, 15) is 0 Å². The van der Waals surface area contributed by atoms with Crippen molar-refractivity contribution in [3.63, 3.8) is 0 Å². The summed E-state index contributed by atoms with van der Waals surface area (Å²) in [4.78, 5) is 5.04. The molecule has 3 N–H and O–H groups in total. The summed E-state index contributed by atoms with van der Waals surface area (Å²) in [5.74, 6) is 0. The molecule has 0 amide bonds. The Balaban J connectivity index is 2.21. The highest BCUT2D eigenvalue weighted by molar-refractivity contribution is 6.52. The number of aliphatic imine (C=N–C) groups is 1. The molecule has 4 nitrogen and oxygen atoms in total. The minimum Gasteiger partial charge on any atom is -0.375 e. The summed E-state index contributed by atoms with van der Waals surface area (Å²) >= 11 is 0. The minimum atomic E-state index is -0.374. The number of benzene rings is 2. The van der Waals surface area contributed by atoms with E-state index in [4.69, 9.17) is 20.9 Å². The number of rotatable bonds is 10. The Morgan fingerprint density at radius 1 is 0.867 bits per heavy atom. The molecule has 0 atom stereocenters. The smallest absolute Gasteiger partial charge is 0.0908 e. The Kier molecular flexibility index (Phi) is 7.73. The largest absolute Gasteiger partial charge is 0.375 e. The van der Waals surface area contributed by atoms with E-state index in [1.54, 1.807) is 0 Å². The lowest BCUT2D eigenvalue weighted by atomic mass is 9.90. The Labute approximate surface area is 182 Å². The highest BCUT2D eigenvalue weighted by atomic mass is 16.5. The van der Waals surface area contributed by atoms with Crippen molar-refractivity contribution in [1.82, 2.24) is 0 Å². The van der Waals surface area contributed by atoms with Crippen molar-refractivity contribution in [2.24, 2.45) is 10.7 Å². The summed E-state index contributed by atoms with van der Waals surface area (Å²) in [6, 6.07) is 19.7. The van der Waals surface area contributed by atoms with Gasteiger partial charge in [0.1, 0.15) is 0 Å². The lowest BCUT2D eigenvalue weighted by molar-refractivity contribution is -0.0395. The maximum Gasteiger partial charge on any atom is 0.0908 e. The average Bonchev–Trinajstić information content (AvgIpc) is 2.65. The molecular formula is C26H37N3O. The normalized spacial score (nSPS) is 13.4. The predicted octanol–water partition coefficient (Wildman–Crippen LogP) is 5.64. The number of nitrogens with zero attached hydrogens (tertiary/aromatic N) is 1. The van der Waals surface area contributed by atoms with Gasteiger partial charge in [0.05, 0.1) is 22.6 Å². The van der Waals surface area contributed by atoms with Crippen LogP contribution in [0.3, 0.4) is 0 Å². The van der Waals surface area contributed by atoms with E-state index >= 15 is 0 Å². The number of nitrogens with two attached hydrogens (primary N) is 1. The summed E-state index contributed by atoms with van der Waals surface area (Å²) in [6.45, 7) is 13.0. The van der Waals surface area contributed by atoms with Crippen LogP contribution >= 0.6 is 0 Å². The van der Waals surface area contributed by atoms with Crippen molar-refractivity contribution in [1.29, 1.82) is 5.41 Å². The van der Waals surface area contributed by atoms with Crippen molar-refractivity contribution < 1.29 is 4.74 Å². The zero-order chi connectivity index (χ0) is 22.4. The number of hydrogen-bond acceptors (Lipinski definition) is 4. The number of hydrogen-bond donors (Lipinski definition) is 2. The van der Waals surface area contributed by atoms with Gasteiger partial charge in [-0.15, -0.1) is 0 Å². The molecule has 0 bridgehead atoms. The molecule has 0 unspecified atom stereocenters. The van der Waals surface area contributed by atoms with Gasteiger partial charge in [-0.2, -0.15) is 0 Å². The molecule has 0 aliphatic carbocycles. The Bertz CT molecular complexity index is 847. The third-order valence-corrected chi connectivity index (χ3v) is 4.85. The molecule has 0 saturated carbocycles. The third-order valence-electron chi connectivity index (χ3n) is 4.85. The summed E-state index contributed by atoms with van der Waals surface area (Å²) < 4.78 is 6.17. The molecule has 2 aromatic carbocycles. The number of ether oxygens (including phenoxy) is 1. The van der Waals surface area contributed by atoms with Crippen molar-refractivity contribution in [2.75, 3.05) is 6.61 Å². The first-order valence-electron chi connectivity index (χ1n) is 10.6. The summed E-state index contributed by atoms with van der Waals surface area (Å²) in [7, 11) is 0. The molecule has 30 heavy (non-hydrogen) atoms. The molecule has 0 fully saturated rings. The van der Waals surface area contributed by atoms with Gasteiger partial charge in [-0.25, -0.2) is 0 Å². The maximum absolute atomic E-state index is 8.80. The van der Waals surface area contributed by atoms with E-state index in [2.05, 4.69) is 27.7 Å². The standard InChI is InChI=1S/C26H37N3O/c1-24(2,28)19-26(5,6)30-18-17-25(3,4)29-23(21-15-11-8-12-16-21)22(27)20-13-9-7-10-14-20/h7-16,27H,17-19,28H2,1-6H3. The van der Waals surface area contributed by atoms with E-state index in [1.165, 1.54) is 0 Å². The highest BCUT2D eigenvalue weighted by Crippen LogP contribution is 2.24. The van der Waals surface area contributed by atoms with Gasteiger partial charge in [-0.05, 0) is 54.4 Å².